The van der Waals surface area contributed by atoms with Gasteiger partial charge >= 0.3 is 0 Å². The third kappa shape index (κ3) is 2.06. The summed E-state index contributed by atoms with van der Waals surface area (Å²) in [7, 11) is 1.97. The van der Waals surface area contributed by atoms with Gasteiger partial charge in [-0.15, -0.1) is 22.7 Å². The van der Waals surface area contributed by atoms with E-state index < -0.39 is 0 Å². The van der Waals surface area contributed by atoms with Crippen LogP contribution in [0, 0.1) is 0 Å². The molecule has 3 heterocycles. The number of anilines is 1. The molecule has 0 radical (unpaired) electrons. The second-order valence-corrected chi connectivity index (χ2v) is 6.65. The number of fused-ring (bicyclic) bond motifs is 1. The molecular formula is C13H17N3S2. The van der Waals surface area contributed by atoms with E-state index in [0.29, 0.717) is 6.04 Å². The summed E-state index contributed by atoms with van der Waals surface area (Å²) in [6.45, 7) is 4.27. The van der Waals surface area contributed by atoms with Gasteiger partial charge in [-0.3, -0.25) is 0 Å². The molecule has 0 amide bonds. The Morgan fingerprint density at radius 3 is 3.28 bits per heavy atom. The van der Waals surface area contributed by atoms with Crippen LogP contribution in [0.2, 0.25) is 0 Å². The number of hydrogen-bond acceptors (Lipinski definition) is 5. The van der Waals surface area contributed by atoms with Crippen molar-refractivity contribution in [1.29, 1.82) is 0 Å². The first-order chi connectivity index (χ1) is 8.79. The van der Waals surface area contributed by atoms with Crippen molar-refractivity contribution in [2.24, 2.45) is 0 Å². The van der Waals surface area contributed by atoms with Crippen LogP contribution in [0.3, 0.4) is 0 Å². The van der Waals surface area contributed by atoms with E-state index in [-0.39, 0.29) is 0 Å². The monoisotopic (exact) mass is 279 g/mol. The number of hydrogen-bond donors (Lipinski definition) is 1. The third-order valence-electron chi connectivity index (χ3n) is 3.42. The molecule has 96 valence electrons. The second kappa shape index (κ2) is 4.99. The predicted octanol–water partition coefficient (Wildman–Crippen LogP) is 3.05. The predicted molar refractivity (Wildman–Crippen MR) is 78.7 cm³/mol. The lowest BCUT2D eigenvalue weighted by Gasteiger charge is -2.33. The molecule has 1 unspecified atom stereocenters. The molecule has 2 aromatic heterocycles. The summed E-state index contributed by atoms with van der Waals surface area (Å²) in [4.78, 5) is 9.85. The Morgan fingerprint density at radius 2 is 2.44 bits per heavy atom. The lowest BCUT2D eigenvalue weighted by atomic mass is 10.0. The molecule has 1 N–H and O–H groups in total. The molecule has 1 atom stereocenters. The zero-order valence-electron chi connectivity index (χ0n) is 10.6. The maximum Gasteiger partial charge on any atom is 0.186 e. The van der Waals surface area contributed by atoms with E-state index in [9.17, 15) is 0 Å². The topological polar surface area (TPSA) is 28.2 Å². The Balaban J connectivity index is 1.84. The SMILES string of the molecule is CNCc1cnc(N2CCc3sccc3C2C)s1. The molecule has 1 aliphatic rings. The zero-order valence-corrected chi connectivity index (χ0v) is 12.3. The minimum absolute atomic E-state index is 0.452. The van der Waals surface area contributed by atoms with Gasteiger partial charge in [0.15, 0.2) is 5.13 Å². The van der Waals surface area contributed by atoms with Crippen molar-refractivity contribution in [2.45, 2.75) is 25.9 Å². The van der Waals surface area contributed by atoms with E-state index in [1.807, 2.05) is 24.6 Å². The van der Waals surface area contributed by atoms with Crippen LogP contribution in [0.15, 0.2) is 17.6 Å². The van der Waals surface area contributed by atoms with Gasteiger partial charge in [-0.1, -0.05) is 0 Å². The summed E-state index contributed by atoms with van der Waals surface area (Å²) in [5.41, 5.74) is 1.48. The van der Waals surface area contributed by atoms with E-state index in [0.717, 1.165) is 24.6 Å². The van der Waals surface area contributed by atoms with Gasteiger partial charge in [0, 0.05) is 29.0 Å². The summed E-state index contributed by atoms with van der Waals surface area (Å²) < 4.78 is 0. The molecule has 18 heavy (non-hydrogen) atoms. The van der Waals surface area contributed by atoms with Crippen LogP contribution in [0.4, 0.5) is 5.13 Å². The van der Waals surface area contributed by atoms with Crippen molar-refractivity contribution < 1.29 is 0 Å². The van der Waals surface area contributed by atoms with Gasteiger partial charge in [0.1, 0.15) is 0 Å². The molecule has 0 aliphatic carbocycles. The Hall–Kier alpha value is -0.910. The molecular weight excluding hydrogens is 262 g/mol. The average Bonchev–Trinajstić information content (AvgIpc) is 2.99. The largest absolute Gasteiger partial charge is 0.341 e. The van der Waals surface area contributed by atoms with Gasteiger partial charge in [0.2, 0.25) is 0 Å². The first kappa shape index (κ1) is 12.1. The lowest BCUT2D eigenvalue weighted by molar-refractivity contribution is 0.631. The van der Waals surface area contributed by atoms with E-state index in [1.165, 1.54) is 10.4 Å². The molecule has 0 saturated carbocycles. The Kier molecular flexibility index (Phi) is 3.37. The number of thiazole rings is 1. The van der Waals surface area contributed by atoms with Gasteiger partial charge in [-0.2, -0.15) is 0 Å². The normalized spacial score (nSPS) is 19.0. The number of nitrogens with zero attached hydrogens (tertiary/aromatic N) is 2. The Labute approximate surface area is 115 Å². The van der Waals surface area contributed by atoms with Crippen LogP contribution >= 0.6 is 22.7 Å². The Morgan fingerprint density at radius 1 is 1.56 bits per heavy atom. The van der Waals surface area contributed by atoms with Crippen LogP contribution in [0.25, 0.3) is 0 Å². The summed E-state index contributed by atoms with van der Waals surface area (Å²) >= 11 is 3.69. The highest BCUT2D eigenvalue weighted by Gasteiger charge is 2.26. The van der Waals surface area contributed by atoms with Crippen molar-refractivity contribution >= 4 is 27.8 Å². The van der Waals surface area contributed by atoms with Crippen molar-refractivity contribution in [3.8, 4) is 0 Å². The highest BCUT2D eigenvalue weighted by atomic mass is 32.1. The quantitative estimate of drug-likeness (QED) is 0.936. The number of thiophene rings is 1. The molecule has 2 aromatic rings. The summed E-state index contributed by atoms with van der Waals surface area (Å²) in [6.07, 6.45) is 3.14. The number of aromatic nitrogens is 1. The highest BCUT2D eigenvalue weighted by Crippen LogP contribution is 2.37. The van der Waals surface area contributed by atoms with Gasteiger partial charge in [0.05, 0.1) is 6.04 Å². The fourth-order valence-corrected chi connectivity index (χ4v) is 4.45. The van der Waals surface area contributed by atoms with Gasteiger partial charge in [0.25, 0.3) is 0 Å². The molecule has 0 saturated heterocycles. The van der Waals surface area contributed by atoms with Crippen molar-refractivity contribution in [1.82, 2.24) is 10.3 Å². The number of rotatable bonds is 3. The smallest absolute Gasteiger partial charge is 0.186 e. The molecule has 3 rings (SSSR count). The van der Waals surface area contributed by atoms with Crippen molar-refractivity contribution in [3.63, 3.8) is 0 Å². The lowest BCUT2D eigenvalue weighted by Crippen LogP contribution is -2.32. The minimum atomic E-state index is 0.452. The summed E-state index contributed by atoms with van der Waals surface area (Å²) in [5.74, 6) is 0. The first-order valence-corrected chi connectivity index (χ1v) is 7.91. The molecule has 3 nitrogen and oxygen atoms in total. The maximum atomic E-state index is 4.57. The third-order valence-corrected chi connectivity index (χ3v) is 5.45. The summed E-state index contributed by atoms with van der Waals surface area (Å²) in [6, 6.07) is 2.72. The van der Waals surface area contributed by atoms with Gasteiger partial charge in [-0.05, 0) is 37.4 Å². The molecule has 1 aliphatic heterocycles. The van der Waals surface area contributed by atoms with Gasteiger partial charge < -0.3 is 10.2 Å². The maximum absolute atomic E-state index is 4.57. The second-order valence-electron chi connectivity index (χ2n) is 4.56. The number of nitrogens with one attached hydrogen (secondary N) is 1. The zero-order chi connectivity index (χ0) is 12.5. The highest BCUT2D eigenvalue weighted by molar-refractivity contribution is 7.15. The summed E-state index contributed by atoms with van der Waals surface area (Å²) in [5, 5.41) is 6.54. The van der Waals surface area contributed by atoms with Crippen LogP contribution < -0.4 is 10.2 Å². The Bertz CT molecular complexity index is 532. The van der Waals surface area contributed by atoms with Crippen LogP contribution in [-0.4, -0.2) is 18.6 Å². The van der Waals surface area contributed by atoms with Crippen LogP contribution in [-0.2, 0) is 13.0 Å². The fraction of sp³-hybridized carbons (Fsp3) is 0.462. The van der Waals surface area contributed by atoms with E-state index in [2.05, 4.69) is 33.6 Å². The standard InChI is InChI=1S/C13H17N3S2/c1-9-11-4-6-17-12(11)3-5-16(9)13-15-8-10(18-13)7-14-2/h4,6,8-9,14H,3,5,7H2,1-2H3. The van der Waals surface area contributed by atoms with Crippen LogP contribution in [0.1, 0.15) is 28.3 Å². The van der Waals surface area contributed by atoms with Crippen molar-refractivity contribution in [2.75, 3.05) is 18.5 Å². The molecule has 0 spiro atoms. The molecule has 0 fully saturated rings. The fourth-order valence-electron chi connectivity index (χ4n) is 2.46. The van der Waals surface area contributed by atoms with E-state index in [1.54, 1.807) is 16.2 Å². The van der Waals surface area contributed by atoms with Crippen molar-refractivity contribution in [3.05, 3.63) is 33.0 Å². The van der Waals surface area contributed by atoms with Crippen LogP contribution in [0.5, 0.6) is 0 Å². The molecule has 5 heteroatoms. The van der Waals surface area contributed by atoms with E-state index >= 15 is 0 Å². The average molecular weight is 279 g/mol. The van der Waals surface area contributed by atoms with Gasteiger partial charge in [-0.25, -0.2) is 4.98 Å². The minimum Gasteiger partial charge on any atom is -0.341 e. The first-order valence-electron chi connectivity index (χ1n) is 6.22. The molecule has 0 aromatic carbocycles. The van der Waals surface area contributed by atoms with E-state index in [4.69, 9.17) is 0 Å². The molecule has 0 bridgehead atoms.